The van der Waals surface area contributed by atoms with E-state index in [4.69, 9.17) is 8.85 Å². The van der Waals surface area contributed by atoms with Crippen molar-refractivity contribution >= 4 is 14.6 Å². The van der Waals surface area contributed by atoms with Gasteiger partial charge in [0.15, 0.2) is 0 Å². The molecule has 1 rings (SSSR count). The molecular formula is C15H32N2O3Si. The van der Waals surface area contributed by atoms with Crippen molar-refractivity contribution in [1.29, 1.82) is 0 Å². The molecule has 1 fully saturated rings. The van der Waals surface area contributed by atoms with Crippen LogP contribution in [0.25, 0.3) is 0 Å². The fourth-order valence-electron chi connectivity index (χ4n) is 2.78. The standard InChI is InChI=1S/C15H32N2O3Si/c1-5-8-10-16-12-13-17(15(16)18)11-9-14-21(4,19-6-2)20-7-3/h5-14H2,1-4H3. The molecule has 0 saturated carbocycles. The summed E-state index contributed by atoms with van der Waals surface area (Å²) in [6.45, 7) is 13.2. The largest absolute Gasteiger partial charge is 0.395 e. The zero-order valence-corrected chi connectivity index (χ0v) is 15.2. The Balaban J connectivity index is 2.33. The Morgan fingerprint density at radius 2 is 1.52 bits per heavy atom. The van der Waals surface area contributed by atoms with Crippen LogP contribution in [0.5, 0.6) is 0 Å². The van der Waals surface area contributed by atoms with Crippen molar-refractivity contribution in [2.45, 2.75) is 52.6 Å². The predicted molar refractivity (Wildman–Crippen MR) is 87.7 cm³/mol. The van der Waals surface area contributed by atoms with E-state index in [1.807, 2.05) is 23.6 Å². The highest BCUT2D eigenvalue weighted by Crippen LogP contribution is 2.18. The molecule has 1 saturated heterocycles. The zero-order chi connectivity index (χ0) is 15.7. The molecule has 0 aromatic rings. The van der Waals surface area contributed by atoms with Crippen LogP contribution in [0.15, 0.2) is 0 Å². The Labute approximate surface area is 130 Å². The third kappa shape index (κ3) is 5.96. The third-order valence-corrected chi connectivity index (χ3v) is 6.98. The van der Waals surface area contributed by atoms with Gasteiger partial charge in [0, 0.05) is 39.4 Å². The van der Waals surface area contributed by atoms with Gasteiger partial charge in [0.2, 0.25) is 0 Å². The number of amides is 2. The number of carbonyl (C=O) groups excluding carboxylic acids is 1. The molecule has 124 valence electrons. The monoisotopic (exact) mass is 316 g/mol. The summed E-state index contributed by atoms with van der Waals surface area (Å²) in [5.41, 5.74) is 0. The molecule has 2 amide bonds. The van der Waals surface area contributed by atoms with E-state index in [2.05, 4.69) is 13.5 Å². The molecule has 1 heterocycles. The van der Waals surface area contributed by atoms with Crippen molar-refractivity contribution in [3.63, 3.8) is 0 Å². The molecular weight excluding hydrogens is 284 g/mol. The predicted octanol–water partition coefficient (Wildman–Crippen LogP) is 3.06. The quantitative estimate of drug-likeness (QED) is 0.550. The maximum absolute atomic E-state index is 12.2. The fourth-order valence-corrected chi connectivity index (χ4v) is 5.18. The topological polar surface area (TPSA) is 42.0 Å². The second-order valence-corrected chi connectivity index (χ2v) is 9.06. The van der Waals surface area contributed by atoms with E-state index in [1.165, 1.54) is 0 Å². The summed E-state index contributed by atoms with van der Waals surface area (Å²) < 4.78 is 11.7. The van der Waals surface area contributed by atoms with E-state index >= 15 is 0 Å². The lowest BCUT2D eigenvalue weighted by Gasteiger charge is -2.27. The summed E-state index contributed by atoms with van der Waals surface area (Å²) in [7, 11) is -2.03. The Hall–Kier alpha value is -0.593. The van der Waals surface area contributed by atoms with Crippen molar-refractivity contribution in [3.8, 4) is 0 Å². The van der Waals surface area contributed by atoms with Gasteiger partial charge in [-0.15, -0.1) is 0 Å². The van der Waals surface area contributed by atoms with Gasteiger partial charge in [-0.2, -0.15) is 0 Å². The first-order chi connectivity index (χ1) is 10.1. The van der Waals surface area contributed by atoms with E-state index in [-0.39, 0.29) is 6.03 Å². The van der Waals surface area contributed by atoms with E-state index in [0.717, 1.165) is 51.5 Å². The molecule has 0 aromatic carbocycles. The Morgan fingerprint density at radius 1 is 1.00 bits per heavy atom. The molecule has 21 heavy (non-hydrogen) atoms. The SMILES string of the molecule is CCCCN1CCN(CCC[Si](C)(OCC)OCC)C1=O. The Morgan fingerprint density at radius 3 is 2.00 bits per heavy atom. The van der Waals surface area contributed by atoms with E-state index < -0.39 is 8.56 Å². The number of urea groups is 1. The van der Waals surface area contributed by atoms with Crippen molar-refractivity contribution < 1.29 is 13.6 Å². The van der Waals surface area contributed by atoms with Gasteiger partial charge < -0.3 is 18.7 Å². The number of hydrogen-bond donors (Lipinski definition) is 0. The van der Waals surface area contributed by atoms with Crippen LogP contribution in [-0.4, -0.2) is 63.8 Å². The van der Waals surface area contributed by atoms with Crippen LogP contribution in [0.4, 0.5) is 4.79 Å². The van der Waals surface area contributed by atoms with Crippen LogP contribution in [0.1, 0.15) is 40.0 Å². The molecule has 0 aromatic heterocycles. The molecule has 5 nitrogen and oxygen atoms in total. The fraction of sp³-hybridized carbons (Fsp3) is 0.933. The number of hydrogen-bond acceptors (Lipinski definition) is 3. The van der Waals surface area contributed by atoms with Crippen molar-refractivity contribution in [2.24, 2.45) is 0 Å². The summed E-state index contributed by atoms with van der Waals surface area (Å²) in [6.07, 6.45) is 3.20. The second kappa shape index (κ2) is 9.43. The normalized spacial score (nSPS) is 16.1. The minimum atomic E-state index is -2.03. The van der Waals surface area contributed by atoms with E-state index in [0.29, 0.717) is 13.2 Å². The summed E-state index contributed by atoms with van der Waals surface area (Å²) in [4.78, 5) is 16.2. The Bertz CT molecular complexity index is 309. The molecule has 6 heteroatoms. The summed E-state index contributed by atoms with van der Waals surface area (Å²) in [5, 5.41) is 0. The van der Waals surface area contributed by atoms with Gasteiger partial charge >= 0.3 is 14.6 Å². The Kier molecular flexibility index (Phi) is 8.29. The minimum Gasteiger partial charge on any atom is -0.395 e. The number of unbranched alkanes of at least 4 members (excludes halogenated alkanes) is 1. The molecule has 0 aliphatic carbocycles. The lowest BCUT2D eigenvalue weighted by Crippen LogP contribution is -2.40. The van der Waals surface area contributed by atoms with Crippen molar-refractivity contribution in [2.75, 3.05) is 39.4 Å². The lowest BCUT2D eigenvalue weighted by atomic mass is 10.3. The minimum absolute atomic E-state index is 0.208. The van der Waals surface area contributed by atoms with Gasteiger partial charge in [-0.25, -0.2) is 4.79 Å². The van der Waals surface area contributed by atoms with Crippen molar-refractivity contribution in [3.05, 3.63) is 0 Å². The van der Waals surface area contributed by atoms with E-state index in [9.17, 15) is 4.79 Å². The highest BCUT2D eigenvalue weighted by Gasteiger charge is 2.32. The maximum Gasteiger partial charge on any atom is 0.334 e. The highest BCUT2D eigenvalue weighted by atomic mass is 28.4. The third-order valence-electron chi connectivity index (χ3n) is 3.92. The number of rotatable bonds is 11. The van der Waals surface area contributed by atoms with Crippen molar-refractivity contribution in [1.82, 2.24) is 9.80 Å². The summed E-state index contributed by atoms with van der Waals surface area (Å²) >= 11 is 0. The average molecular weight is 317 g/mol. The molecule has 1 aliphatic heterocycles. The average Bonchev–Trinajstić information content (AvgIpc) is 2.78. The van der Waals surface area contributed by atoms with Crippen LogP contribution in [0.2, 0.25) is 12.6 Å². The van der Waals surface area contributed by atoms with Gasteiger partial charge in [-0.05, 0) is 39.3 Å². The smallest absolute Gasteiger partial charge is 0.334 e. The van der Waals surface area contributed by atoms with Gasteiger partial charge in [-0.3, -0.25) is 0 Å². The van der Waals surface area contributed by atoms with Crippen LogP contribution in [-0.2, 0) is 8.85 Å². The van der Waals surface area contributed by atoms with Crippen LogP contribution in [0.3, 0.4) is 0 Å². The summed E-state index contributed by atoms with van der Waals surface area (Å²) in [5.74, 6) is 0. The molecule has 0 bridgehead atoms. The molecule has 0 radical (unpaired) electrons. The van der Waals surface area contributed by atoms with Gasteiger partial charge in [0.25, 0.3) is 0 Å². The maximum atomic E-state index is 12.2. The van der Waals surface area contributed by atoms with Gasteiger partial charge in [0.05, 0.1) is 0 Å². The van der Waals surface area contributed by atoms with Crippen LogP contribution >= 0.6 is 0 Å². The van der Waals surface area contributed by atoms with Gasteiger partial charge in [-0.1, -0.05) is 13.3 Å². The van der Waals surface area contributed by atoms with Crippen LogP contribution < -0.4 is 0 Å². The molecule has 0 spiro atoms. The zero-order valence-electron chi connectivity index (χ0n) is 14.2. The highest BCUT2D eigenvalue weighted by molar-refractivity contribution is 6.66. The first-order valence-electron chi connectivity index (χ1n) is 8.38. The summed E-state index contributed by atoms with van der Waals surface area (Å²) in [6, 6.07) is 1.16. The molecule has 0 unspecified atom stereocenters. The van der Waals surface area contributed by atoms with Gasteiger partial charge in [0.1, 0.15) is 0 Å². The number of carbonyl (C=O) groups is 1. The molecule has 0 atom stereocenters. The van der Waals surface area contributed by atoms with E-state index in [1.54, 1.807) is 0 Å². The molecule has 0 N–H and O–H groups in total. The lowest BCUT2D eigenvalue weighted by molar-refractivity contribution is 0.182. The molecule has 1 aliphatic rings. The first-order valence-corrected chi connectivity index (χ1v) is 10.9. The number of nitrogens with zero attached hydrogens (tertiary/aromatic N) is 2. The second-order valence-electron chi connectivity index (χ2n) is 5.71. The van der Waals surface area contributed by atoms with Crippen LogP contribution in [0, 0.1) is 0 Å². The first kappa shape index (κ1) is 18.5.